The lowest BCUT2D eigenvalue weighted by Gasteiger charge is -2.15. The number of nitrogens with zero attached hydrogens (tertiary/aromatic N) is 2. The first-order valence-corrected chi connectivity index (χ1v) is 8.82. The van der Waals surface area contributed by atoms with E-state index in [-0.39, 0.29) is 23.6 Å². The maximum atomic E-state index is 12.6. The van der Waals surface area contributed by atoms with E-state index in [2.05, 4.69) is 10.3 Å². The Hall–Kier alpha value is -3.80. The molecule has 3 amide bonds. The first-order valence-electron chi connectivity index (χ1n) is 8.82. The Morgan fingerprint density at radius 2 is 1.79 bits per heavy atom. The van der Waals surface area contributed by atoms with Crippen LogP contribution < -0.4 is 10.2 Å². The largest absolute Gasteiger partial charge is 0.326 e. The van der Waals surface area contributed by atoms with Crippen molar-refractivity contribution < 1.29 is 14.4 Å². The lowest BCUT2D eigenvalue weighted by molar-refractivity contribution is -0.115. The van der Waals surface area contributed by atoms with Crippen molar-refractivity contribution in [3.8, 4) is 0 Å². The van der Waals surface area contributed by atoms with E-state index >= 15 is 0 Å². The predicted octanol–water partition coefficient (Wildman–Crippen LogP) is 3.37. The number of aryl methyl sites for hydroxylation is 1. The molecule has 0 bridgehead atoms. The molecule has 0 fully saturated rings. The zero-order valence-corrected chi connectivity index (χ0v) is 15.2. The summed E-state index contributed by atoms with van der Waals surface area (Å²) < 4.78 is 0. The first kappa shape index (κ1) is 17.6. The highest BCUT2D eigenvalue weighted by molar-refractivity contribution is 6.33. The van der Waals surface area contributed by atoms with E-state index in [1.165, 1.54) is 6.20 Å². The third kappa shape index (κ3) is 3.27. The number of amides is 3. The molecule has 1 N–H and O–H groups in total. The van der Waals surface area contributed by atoms with Gasteiger partial charge in [-0.1, -0.05) is 35.9 Å². The van der Waals surface area contributed by atoms with Crippen LogP contribution in [0, 0.1) is 6.92 Å². The lowest BCUT2D eigenvalue weighted by atomic mass is 10.1. The standard InChI is InChI=1S/C22H17N3O3/c1-14-7-9-15(10-8-14)12-19(26)24-16-4-2-5-17(13-16)25-21(27)18-6-3-11-23-20(18)22(25)28/h2-11,13H,12H2,1H3,(H,24,26). The number of benzene rings is 2. The number of anilines is 2. The number of nitrogens with one attached hydrogen (secondary N) is 1. The highest BCUT2D eigenvalue weighted by atomic mass is 16.2. The molecule has 0 aliphatic carbocycles. The summed E-state index contributed by atoms with van der Waals surface area (Å²) in [4.78, 5) is 42.6. The van der Waals surface area contributed by atoms with Crippen molar-refractivity contribution in [3.63, 3.8) is 0 Å². The van der Waals surface area contributed by atoms with Gasteiger partial charge in [-0.05, 0) is 42.8 Å². The summed E-state index contributed by atoms with van der Waals surface area (Å²) >= 11 is 0. The van der Waals surface area contributed by atoms with E-state index in [1.54, 1.807) is 36.4 Å². The van der Waals surface area contributed by atoms with Gasteiger partial charge in [0.25, 0.3) is 11.8 Å². The van der Waals surface area contributed by atoms with Crippen molar-refractivity contribution in [1.29, 1.82) is 0 Å². The van der Waals surface area contributed by atoms with Crippen LogP contribution in [0.5, 0.6) is 0 Å². The van der Waals surface area contributed by atoms with Gasteiger partial charge in [0.2, 0.25) is 5.91 Å². The lowest BCUT2D eigenvalue weighted by Crippen LogP contribution is -2.29. The summed E-state index contributed by atoms with van der Waals surface area (Å²) in [6.45, 7) is 1.99. The monoisotopic (exact) mass is 371 g/mol. The maximum absolute atomic E-state index is 12.6. The third-order valence-electron chi connectivity index (χ3n) is 4.52. The van der Waals surface area contributed by atoms with Crippen LogP contribution in [0.25, 0.3) is 0 Å². The van der Waals surface area contributed by atoms with Crippen LogP contribution in [-0.4, -0.2) is 22.7 Å². The number of hydrogen-bond acceptors (Lipinski definition) is 4. The minimum atomic E-state index is -0.469. The van der Waals surface area contributed by atoms with Crippen molar-refractivity contribution >= 4 is 29.1 Å². The fraction of sp³-hybridized carbons (Fsp3) is 0.0909. The van der Waals surface area contributed by atoms with Crippen LogP contribution in [0.1, 0.15) is 32.0 Å². The highest BCUT2D eigenvalue weighted by Crippen LogP contribution is 2.28. The van der Waals surface area contributed by atoms with Gasteiger partial charge in [-0.25, -0.2) is 4.90 Å². The van der Waals surface area contributed by atoms with Gasteiger partial charge in [-0.3, -0.25) is 19.4 Å². The molecule has 4 rings (SSSR count). The van der Waals surface area contributed by atoms with Gasteiger partial charge in [-0.15, -0.1) is 0 Å². The molecule has 1 aromatic heterocycles. The second-order valence-electron chi connectivity index (χ2n) is 6.61. The molecule has 2 aromatic carbocycles. The Morgan fingerprint density at radius 3 is 2.54 bits per heavy atom. The Kier molecular flexibility index (Phi) is 4.45. The summed E-state index contributed by atoms with van der Waals surface area (Å²) in [5.41, 5.74) is 3.36. The van der Waals surface area contributed by atoms with Crippen LogP contribution in [0.15, 0.2) is 66.9 Å². The van der Waals surface area contributed by atoms with E-state index < -0.39 is 11.8 Å². The zero-order valence-electron chi connectivity index (χ0n) is 15.2. The topological polar surface area (TPSA) is 79.4 Å². The number of fused-ring (bicyclic) bond motifs is 1. The van der Waals surface area contributed by atoms with E-state index in [4.69, 9.17) is 0 Å². The van der Waals surface area contributed by atoms with Crippen molar-refractivity contribution in [2.24, 2.45) is 0 Å². The fourth-order valence-electron chi connectivity index (χ4n) is 3.12. The second-order valence-corrected chi connectivity index (χ2v) is 6.61. The van der Waals surface area contributed by atoms with E-state index in [0.717, 1.165) is 16.0 Å². The SMILES string of the molecule is Cc1ccc(CC(=O)Nc2cccc(N3C(=O)c4cccnc4C3=O)c2)cc1. The number of imide groups is 1. The van der Waals surface area contributed by atoms with Gasteiger partial charge < -0.3 is 5.32 Å². The molecule has 0 saturated heterocycles. The minimum Gasteiger partial charge on any atom is -0.326 e. The molecule has 2 heterocycles. The summed E-state index contributed by atoms with van der Waals surface area (Å²) in [6.07, 6.45) is 1.72. The smallest absolute Gasteiger partial charge is 0.284 e. The molecular weight excluding hydrogens is 354 g/mol. The average molecular weight is 371 g/mol. The highest BCUT2D eigenvalue weighted by Gasteiger charge is 2.37. The maximum Gasteiger partial charge on any atom is 0.284 e. The Bertz CT molecular complexity index is 1060. The Labute approximate surface area is 161 Å². The van der Waals surface area contributed by atoms with Gasteiger partial charge in [0.05, 0.1) is 17.7 Å². The van der Waals surface area contributed by atoms with Gasteiger partial charge in [0, 0.05) is 11.9 Å². The molecular formula is C22H17N3O3. The van der Waals surface area contributed by atoms with Gasteiger partial charge in [0.15, 0.2) is 0 Å². The number of hydrogen-bond donors (Lipinski definition) is 1. The van der Waals surface area contributed by atoms with Crippen molar-refractivity contribution in [3.05, 3.63) is 89.2 Å². The third-order valence-corrected chi connectivity index (χ3v) is 4.52. The molecule has 6 nitrogen and oxygen atoms in total. The summed E-state index contributed by atoms with van der Waals surface area (Å²) in [7, 11) is 0. The van der Waals surface area contributed by atoms with Crippen molar-refractivity contribution in [2.45, 2.75) is 13.3 Å². The predicted molar refractivity (Wildman–Crippen MR) is 105 cm³/mol. The van der Waals surface area contributed by atoms with E-state index in [9.17, 15) is 14.4 Å². The van der Waals surface area contributed by atoms with Crippen LogP contribution >= 0.6 is 0 Å². The molecule has 0 atom stereocenters. The first-order chi connectivity index (χ1) is 13.5. The number of carbonyl (C=O) groups is 3. The quantitative estimate of drug-likeness (QED) is 0.713. The molecule has 28 heavy (non-hydrogen) atoms. The van der Waals surface area contributed by atoms with Crippen LogP contribution in [0.4, 0.5) is 11.4 Å². The molecule has 3 aromatic rings. The average Bonchev–Trinajstić information content (AvgIpc) is 2.95. The molecule has 6 heteroatoms. The number of carbonyl (C=O) groups excluding carboxylic acids is 3. The summed E-state index contributed by atoms with van der Waals surface area (Å²) in [5, 5.41) is 2.82. The number of pyridine rings is 1. The van der Waals surface area contributed by atoms with Crippen LogP contribution in [-0.2, 0) is 11.2 Å². The number of rotatable bonds is 4. The van der Waals surface area contributed by atoms with Gasteiger partial charge >= 0.3 is 0 Å². The Morgan fingerprint density at radius 1 is 1.00 bits per heavy atom. The van der Waals surface area contributed by atoms with E-state index in [1.807, 2.05) is 31.2 Å². The van der Waals surface area contributed by atoms with Crippen molar-refractivity contribution in [2.75, 3.05) is 10.2 Å². The second kappa shape index (κ2) is 7.08. The minimum absolute atomic E-state index is 0.140. The molecule has 1 aliphatic heterocycles. The normalized spacial score (nSPS) is 12.8. The van der Waals surface area contributed by atoms with Gasteiger partial charge in [0.1, 0.15) is 5.69 Å². The summed E-state index contributed by atoms with van der Waals surface area (Å²) in [6, 6.07) is 17.6. The fourth-order valence-corrected chi connectivity index (χ4v) is 3.12. The molecule has 0 radical (unpaired) electrons. The molecule has 0 saturated carbocycles. The van der Waals surface area contributed by atoms with Crippen LogP contribution in [0.3, 0.4) is 0 Å². The summed E-state index contributed by atoms with van der Waals surface area (Å²) in [5.74, 6) is -1.06. The molecule has 138 valence electrons. The van der Waals surface area contributed by atoms with E-state index in [0.29, 0.717) is 11.4 Å². The Balaban J connectivity index is 1.52. The zero-order chi connectivity index (χ0) is 19.7. The van der Waals surface area contributed by atoms with Crippen molar-refractivity contribution in [1.82, 2.24) is 4.98 Å². The molecule has 1 aliphatic rings. The molecule has 0 spiro atoms. The molecule has 0 unspecified atom stereocenters. The van der Waals surface area contributed by atoms with Crippen LogP contribution in [0.2, 0.25) is 0 Å². The van der Waals surface area contributed by atoms with Gasteiger partial charge in [-0.2, -0.15) is 0 Å². The number of aromatic nitrogens is 1.